The minimum atomic E-state index is 0.128. The van der Waals surface area contributed by atoms with Crippen LogP contribution in [0.15, 0.2) is 42.7 Å². The molecule has 1 unspecified atom stereocenters. The lowest BCUT2D eigenvalue weighted by atomic mass is 9.83. The van der Waals surface area contributed by atoms with Crippen LogP contribution in [0.25, 0.3) is 16.9 Å². The Hall–Kier alpha value is -3.13. The molecule has 2 saturated heterocycles. The molecule has 30 heavy (non-hydrogen) atoms. The fraction of sp³-hybridized carbons (Fsp3) is 0.409. The number of fused-ring (bicyclic) bond motifs is 2. The first-order valence-electron chi connectivity index (χ1n) is 10.5. The average molecular weight is 406 g/mol. The molecule has 2 bridgehead atoms. The second kappa shape index (κ2) is 7.60. The number of nitrogen functional groups attached to an aromatic ring is 1. The lowest BCUT2D eigenvalue weighted by molar-refractivity contribution is 0.219. The predicted molar refractivity (Wildman–Crippen MR) is 117 cm³/mol. The first-order valence-corrected chi connectivity index (χ1v) is 10.5. The Morgan fingerprint density at radius 2 is 1.93 bits per heavy atom. The molecule has 0 saturated carbocycles. The van der Waals surface area contributed by atoms with Gasteiger partial charge in [0, 0.05) is 36.8 Å². The van der Waals surface area contributed by atoms with Crippen molar-refractivity contribution < 1.29 is 5.11 Å². The van der Waals surface area contributed by atoms with Gasteiger partial charge in [-0.25, -0.2) is 4.68 Å². The monoisotopic (exact) mass is 405 g/mol. The van der Waals surface area contributed by atoms with Gasteiger partial charge in [-0.1, -0.05) is 6.42 Å². The van der Waals surface area contributed by atoms with E-state index in [0.29, 0.717) is 35.1 Å². The van der Waals surface area contributed by atoms with Crippen LogP contribution in [0, 0.1) is 0 Å². The largest absolute Gasteiger partial charge is 0.507 e. The van der Waals surface area contributed by atoms with Crippen molar-refractivity contribution in [2.24, 2.45) is 0 Å². The number of nitrogens with zero attached hydrogens (tertiary/aromatic N) is 5. The number of hydrogen-bond acceptors (Lipinski definition) is 7. The molecule has 2 aliphatic rings. The van der Waals surface area contributed by atoms with Crippen LogP contribution in [-0.4, -0.2) is 50.3 Å². The quantitative estimate of drug-likeness (QED) is 0.613. The highest BCUT2D eigenvalue weighted by molar-refractivity contribution is 5.69. The summed E-state index contributed by atoms with van der Waals surface area (Å²) in [6.45, 7) is 0. The number of anilines is 2. The Morgan fingerprint density at radius 3 is 2.57 bits per heavy atom. The molecule has 156 valence electrons. The normalized spacial score (nSPS) is 23.3. The van der Waals surface area contributed by atoms with Crippen LogP contribution in [0.5, 0.6) is 5.75 Å². The van der Waals surface area contributed by atoms with E-state index in [0.717, 1.165) is 24.3 Å². The maximum Gasteiger partial charge on any atom is 0.151 e. The topological polar surface area (TPSA) is 105 Å². The number of phenols is 1. The third-order valence-electron chi connectivity index (χ3n) is 6.37. The zero-order valence-corrected chi connectivity index (χ0v) is 17.1. The summed E-state index contributed by atoms with van der Waals surface area (Å²) in [6.07, 6.45) is 9.45. The van der Waals surface area contributed by atoms with Gasteiger partial charge < -0.3 is 21.1 Å². The van der Waals surface area contributed by atoms with Gasteiger partial charge in [-0.3, -0.25) is 0 Å². The standard InChI is InChI=1S/C22H27N7O/c1-28(18-9-15-3-2-4-16(10-18)25-15)22-8-7-20(26-27-22)19-6-5-17(11-21(19)30)29-13-14(23)12-24-29/h5-8,11-13,15-16,18,25,30H,2-4,9-10,23H2,1H3/t15-,16+,18?. The second-order valence-electron chi connectivity index (χ2n) is 8.42. The summed E-state index contributed by atoms with van der Waals surface area (Å²) in [7, 11) is 2.11. The number of nitrogens with one attached hydrogen (secondary N) is 1. The van der Waals surface area contributed by atoms with Gasteiger partial charge in [0.25, 0.3) is 0 Å². The zero-order valence-electron chi connectivity index (χ0n) is 17.1. The molecule has 0 aliphatic carbocycles. The number of aromatic nitrogens is 4. The van der Waals surface area contributed by atoms with E-state index in [1.54, 1.807) is 23.1 Å². The molecule has 2 aliphatic heterocycles. The van der Waals surface area contributed by atoms with Crippen molar-refractivity contribution in [3.8, 4) is 22.7 Å². The molecule has 4 heterocycles. The Morgan fingerprint density at radius 1 is 1.13 bits per heavy atom. The molecule has 0 radical (unpaired) electrons. The van der Waals surface area contributed by atoms with Crippen molar-refractivity contribution in [3.05, 3.63) is 42.7 Å². The number of rotatable bonds is 4. The molecule has 5 rings (SSSR count). The van der Waals surface area contributed by atoms with E-state index in [-0.39, 0.29) is 5.75 Å². The van der Waals surface area contributed by atoms with E-state index in [1.165, 1.54) is 19.3 Å². The Bertz CT molecular complexity index is 1020. The third-order valence-corrected chi connectivity index (χ3v) is 6.37. The summed E-state index contributed by atoms with van der Waals surface area (Å²) in [5.74, 6) is 0.995. The minimum Gasteiger partial charge on any atom is -0.507 e. The first-order chi connectivity index (χ1) is 14.6. The molecular formula is C22H27N7O. The van der Waals surface area contributed by atoms with E-state index >= 15 is 0 Å². The predicted octanol–water partition coefficient (Wildman–Crippen LogP) is 2.73. The lowest BCUT2D eigenvalue weighted by Gasteiger charge is -2.43. The van der Waals surface area contributed by atoms with E-state index < -0.39 is 0 Å². The minimum absolute atomic E-state index is 0.128. The van der Waals surface area contributed by atoms with Gasteiger partial charge in [0.05, 0.1) is 29.5 Å². The van der Waals surface area contributed by atoms with Gasteiger partial charge in [-0.05, 0) is 49.9 Å². The van der Waals surface area contributed by atoms with Gasteiger partial charge in [0.15, 0.2) is 5.82 Å². The molecule has 1 aromatic carbocycles. The van der Waals surface area contributed by atoms with Gasteiger partial charge in [-0.15, -0.1) is 10.2 Å². The highest BCUT2D eigenvalue weighted by Gasteiger charge is 2.33. The van der Waals surface area contributed by atoms with Crippen molar-refractivity contribution in [3.63, 3.8) is 0 Å². The molecular weight excluding hydrogens is 378 g/mol. The van der Waals surface area contributed by atoms with E-state index in [1.807, 2.05) is 24.3 Å². The number of aromatic hydroxyl groups is 1. The van der Waals surface area contributed by atoms with Crippen LogP contribution < -0.4 is 16.0 Å². The highest BCUT2D eigenvalue weighted by atomic mass is 16.3. The molecule has 2 aromatic heterocycles. The fourth-order valence-electron chi connectivity index (χ4n) is 4.75. The van der Waals surface area contributed by atoms with Crippen molar-refractivity contribution in [1.82, 2.24) is 25.3 Å². The summed E-state index contributed by atoms with van der Waals surface area (Å²) < 4.78 is 1.62. The molecule has 8 heteroatoms. The van der Waals surface area contributed by atoms with Crippen molar-refractivity contribution in [2.45, 2.75) is 50.2 Å². The smallest absolute Gasteiger partial charge is 0.151 e. The summed E-state index contributed by atoms with van der Waals surface area (Å²) in [6, 6.07) is 11.0. The Labute approximate surface area is 175 Å². The first kappa shape index (κ1) is 18.9. The van der Waals surface area contributed by atoms with Gasteiger partial charge in [0.1, 0.15) is 5.75 Å². The maximum absolute atomic E-state index is 10.5. The highest BCUT2D eigenvalue weighted by Crippen LogP contribution is 2.32. The average Bonchev–Trinajstić information content (AvgIpc) is 3.19. The molecule has 0 amide bonds. The summed E-state index contributed by atoms with van der Waals surface area (Å²) >= 11 is 0. The van der Waals surface area contributed by atoms with Crippen LogP contribution in [0.1, 0.15) is 32.1 Å². The van der Waals surface area contributed by atoms with Gasteiger partial charge in [-0.2, -0.15) is 5.10 Å². The summed E-state index contributed by atoms with van der Waals surface area (Å²) in [5, 5.41) is 27.3. The number of hydrogen-bond donors (Lipinski definition) is 3. The molecule has 2 fully saturated rings. The van der Waals surface area contributed by atoms with Crippen molar-refractivity contribution in [2.75, 3.05) is 17.7 Å². The van der Waals surface area contributed by atoms with E-state index in [9.17, 15) is 5.11 Å². The number of benzene rings is 1. The Balaban J connectivity index is 1.33. The van der Waals surface area contributed by atoms with Crippen LogP contribution >= 0.6 is 0 Å². The van der Waals surface area contributed by atoms with Crippen LogP contribution in [0.3, 0.4) is 0 Å². The van der Waals surface area contributed by atoms with Crippen LogP contribution in [0.2, 0.25) is 0 Å². The number of phenolic OH excluding ortho intramolecular Hbond substituents is 1. The number of piperidine rings is 2. The summed E-state index contributed by atoms with van der Waals surface area (Å²) in [5.41, 5.74) is 8.30. The molecule has 3 aromatic rings. The fourth-order valence-corrected chi connectivity index (χ4v) is 4.75. The molecule has 0 spiro atoms. The van der Waals surface area contributed by atoms with E-state index in [4.69, 9.17) is 5.73 Å². The lowest BCUT2D eigenvalue weighted by Crippen LogP contribution is -2.54. The molecule has 8 nitrogen and oxygen atoms in total. The van der Waals surface area contributed by atoms with Crippen molar-refractivity contribution in [1.29, 1.82) is 0 Å². The van der Waals surface area contributed by atoms with Gasteiger partial charge >= 0.3 is 0 Å². The Kier molecular flexibility index (Phi) is 4.78. The second-order valence-corrected chi connectivity index (χ2v) is 8.42. The maximum atomic E-state index is 10.5. The SMILES string of the molecule is CN(c1ccc(-c2ccc(-n3cc(N)cn3)cc2O)nn1)C1C[C@H]2CCC[C@@H](C1)N2. The summed E-state index contributed by atoms with van der Waals surface area (Å²) in [4.78, 5) is 2.26. The third kappa shape index (κ3) is 3.59. The van der Waals surface area contributed by atoms with Crippen molar-refractivity contribution >= 4 is 11.5 Å². The number of nitrogens with two attached hydrogens (primary N) is 1. The van der Waals surface area contributed by atoms with Crippen LogP contribution in [-0.2, 0) is 0 Å². The molecule has 4 N–H and O–H groups in total. The van der Waals surface area contributed by atoms with Gasteiger partial charge in [0.2, 0.25) is 0 Å². The molecule has 3 atom stereocenters. The zero-order chi connectivity index (χ0) is 20.7. The van der Waals surface area contributed by atoms with E-state index in [2.05, 4.69) is 32.6 Å². The van der Waals surface area contributed by atoms with Crippen LogP contribution in [0.4, 0.5) is 11.5 Å².